The molecule has 0 aliphatic carbocycles. The van der Waals surface area contributed by atoms with Gasteiger partial charge in [-0.2, -0.15) is 4.39 Å². The highest BCUT2D eigenvalue weighted by Crippen LogP contribution is 1.96. The van der Waals surface area contributed by atoms with Crippen LogP contribution in [0.15, 0.2) is 15.8 Å². The second-order valence-electron chi connectivity index (χ2n) is 2.56. The maximum Gasteiger partial charge on any atom is 0.335 e. The molecule has 0 aliphatic heterocycles. The number of nitrogens with zero attached hydrogens (tertiary/aromatic N) is 1. The molecule has 0 amide bonds. The molecule has 0 saturated carbocycles. The van der Waals surface area contributed by atoms with Crippen LogP contribution in [0.25, 0.3) is 0 Å². The van der Waals surface area contributed by atoms with E-state index in [1.807, 2.05) is 0 Å². The Kier molecular flexibility index (Phi) is 2.85. The SMILES string of the molecule is CC(Cl)C(=O)n1cc(F)c(=O)[nH]c1=O. The van der Waals surface area contributed by atoms with Gasteiger partial charge in [-0.3, -0.25) is 14.6 Å². The van der Waals surface area contributed by atoms with Crippen molar-refractivity contribution in [3.05, 3.63) is 32.9 Å². The Hall–Kier alpha value is -1.43. The summed E-state index contributed by atoms with van der Waals surface area (Å²) in [5, 5.41) is -0.974. The molecule has 1 heterocycles. The standard InChI is InChI=1S/C7H6ClFN2O3/c1-3(8)6(13)11-2-4(9)5(12)10-7(11)14/h2-3H,1H3,(H,10,12,14). The zero-order chi connectivity index (χ0) is 10.9. The van der Waals surface area contributed by atoms with Gasteiger partial charge < -0.3 is 0 Å². The number of alkyl halides is 1. The summed E-state index contributed by atoms with van der Waals surface area (Å²) in [6, 6.07) is 0. The molecular formula is C7H6ClFN2O3. The fraction of sp³-hybridized carbons (Fsp3) is 0.286. The predicted octanol–water partition coefficient (Wildman–Crippen LogP) is -0.0568. The molecule has 0 spiro atoms. The van der Waals surface area contributed by atoms with E-state index in [-0.39, 0.29) is 0 Å². The van der Waals surface area contributed by atoms with Gasteiger partial charge in [0.1, 0.15) is 5.38 Å². The van der Waals surface area contributed by atoms with E-state index in [2.05, 4.69) is 0 Å². The van der Waals surface area contributed by atoms with Gasteiger partial charge in [-0.25, -0.2) is 9.36 Å². The van der Waals surface area contributed by atoms with E-state index >= 15 is 0 Å². The van der Waals surface area contributed by atoms with Crippen molar-refractivity contribution in [3.8, 4) is 0 Å². The van der Waals surface area contributed by atoms with Gasteiger partial charge in [-0.05, 0) is 6.92 Å². The van der Waals surface area contributed by atoms with Gasteiger partial charge in [0.2, 0.25) is 5.82 Å². The quantitative estimate of drug-likeness (QED) is 0.674. The number of hydrogen-bond acceptors (Lipinski definition) is 3. The van der Waals surface area contributed by atoms with Gasteiger partial charge in [-0.15, -0.1) is 11.6 Å². The van der Waals surface area contributed by atoms with Crippen molar-refractivity contribution in [2.24, 2.45) is 0 Å². The number of aromatic amines is 1. The normalized spacial score (nSPS) is 12.5. The molecule has 1 rings (SSSR count). The number of hydrogen-bond donors (Lipinski definition) is 1. The predicted molar refractivity (Wildman–Crippen MR) is 47.2 cm³/mol. The summed E-state index contributed by atoms with van der Waals surface area (Å²) < 4.78 is 13.1. The maximum absolute atomic E-state index is 12.7. The first-order valence-electron chi connectivity index (χ1n) is 3.63. The molecule has 0 aromatic carbocycles. The minimum Gasteiger partial charge on any atom is -0.272 e. The smallest absolute Gasteiger partial charge is 0.272 e. The summed E-state index contributed by atoms with van der Waals surface area (Å²) in [5.74, 6) is -2.01. The zero-order valence-corrected chi connectivity index (χ0v) is 7.84. The topological polar surface area (TPSA) is 71.9 Å². The number of H-pyrrole nitrogens is 1. The highest BCUT2D eigenvalue weighted by Gasteiger charge is 2.15. The maximum atomic E-state index is 12.7. The van der Waals surface area contributed by atoms with Crippen molar-refractivity contribution in [3.63, 3.8) is 0 Å². The van der Waals surface area contributed by atoms with E-state index in [9.17, 15) is 18.8 Å². The Morgan fingerprint density at radius 1 is 1.64 bits per heavy atom. The van der Waals surface area contributed by atoms with Crippen LogP contribution in [-0.4, -0.2) is 20.8 Å². The van der Waals surface area contributed by atoms with Crippen molar-refractivity contribution >= 4 is 17.5 Å². The Balaban J connectivity index is 3.37. The first-order valence-corrected chi connectivity index (χ1v) is 4.07. The van der Waals surface area contributed by atoms with Crippen LogP contribution in [0.3, 0.4) is 0 Å². The third kappa shape index (κ3) is 1.90. The summed E-state index contributed by atoms with van der Waals surface area (Å²) in [6.07, 6.45) is 0.516. The van der Waals surface area contributed by atoms with E-state index < -0.39 is 28.4 Å². The molecule has 0 radical (unpaired) electrons. The summed E-state index contributed by atoms with van der Waals surface area (Å²) in [4.78, 5) is 34.4. The molecule has 5 nitrogen and oxygen atoms in total. The van der Waals surface area contributed by atoms with Crippen molar-refractivity contribution in [2.45, 2.75) is 12.3 Å². The molecule has 0 fully saturated rings. The van der Waals surface area contributed by atoms with Crippen molar-refractivity contribution in [1.29, 1.82) is 0 Å². The first-order chi connectivity index (χ1) is 6.43. The Bertz CT molecular complexity index is 477. The highest BCUT2D eigenvalue weighted by molar-refractivity contribution is 6.30. The average Bonchev–Trinajstić information content (AvgIpc) is 2.10. The molecular weight excluding hydrogens is 215 g/mol. The molecule has 0 saturated heterocycles. The van der Waals surface area contributed by atoms with Gasteiger partial charge in [0, 0.05) is 0 Å². The lowest BCUT2D eigenvalue weighted by atomic mass is 10.4. The largest absolute Gasteiger partial charge is 0.335 e. The van der Waals surface area contributed by atoms with Crippen LogP contribution in [-0.2, 0) is 0 Å². The lowest BCUT2D eigenvalue weighted by Crippen LogP contribution is -2.37. The van der Waals surface area contributed by atoms with Crippen LogP contribution < -0.4 is 11.2 Å². The van der Waals surface area contributed by atoms with E-state index in [0.717, 1.165) is 0 Å². The van der Waals surface area contributed by atoms with E-state index in [4.69, 9.17) is 11.6 Å². The monoisotopic (exact) mass is 220 g/mol. The second kappa shape index (κ2) is 3.75. The number of carbonyl (C=O) groups is 1. The van der Waals surface area contributed by atoms with Gasteiger partial charge in [-0.1, -0.05) is 0 Å². The average molecular weight is 221 g/mol. The third-order valence-electron chi connectivity index (χ3n) is 1.48. The van der Waals surface area contributed by atoms with Gasteiger partial charge >= 0.3 is 5.69 Å². The minimum atomic E-state index is -1.21. The fourth-order valence-corrected chi connectivity index (χ4v) is 0.908. The molecule has 76 valence electrons. The van der Waals surface area contributed by atoms with Crippen molar-refractivity contribution < 1.29 is 9.18 Å². The molecule has 1 unspecified atom stereocenters. The number of halogens is 2. The number of nitrogens with one attached hydrogen (secondary N) is 1. The molecule has 1 atom stereocenters. The summed E-state index contributed by atoms with van der Waals surface area (Å²) in [7, 11) is 0. The molecule has 1 N–H and O–H groups in total. The Morgan fingerprint density at radius 2 is 2.21 bits per heavy atom. The highest BCUT2D eigenvalue weighted by atomic mass is 35.5. The summed E-state index contributed by atoms with van der Waals surface area (Å²) in [5.41, 5.74) is -2.17. The van der Waals surface area contributed by atoms with Crippen LogP contribution in [0.5, 0.6) is 0 Å². The van der Waals surface area contributed by atoms with Crippen molar-refractivity contribution in [1.82, 2.24) is 9.55 Å². The Morgan fingerprint density at radius 3 is 2.71 bits per heavy atom. The fourth-order valence-electron chi connectivity index (χ4n) is 0.803. The lowest BCUT2D eigenvalue weighted by Gasteiger charge is -2.03. The molecule has 1 aromatic rings. The van der Waals surface area contributed by atoms with Crippen LogP contribution >= 0.6 is 11.6 Å². The summed E-state index contributed by atoms with van der Waals surface area (Å²) in [6.45, 7) is 1.33. The number of rotatable bonds is 1. The van der Waals surface area contributed by atoms with Gasteiger partial charge in [0.05, 0.1) is 6.20 Å². The van der Waals surface area contributed by atoms with Crippen LogP contribution in [0.1, 0.15) is 11.7 Å². The molecule has 14 heavy (non-hydrogen) atoms. The van der Waals surface area contributed by atoms with E-state index in [1.165, 1.54) is 6.92 Å². The second-order valence-corrected chi connectivity index (χ2v) is 3.22. The van der Waals surface area contributed by atoms with Crippen LogP contribution in [0.4, 0.5) is 4.39 Å². The number of carbonyl (C=O) groups excluding carboxylic acids is 1. The molecule has 0 bridgehead atoms. The third-order valence-corrected chi connectivity index (χ3v) is 1.66. The van der Waals surface area contributed by atoms with Crippen LogP contribution in [0.2, 0.25) is 0 Å². The molecule has 0 aliphatic rings. The minimum absolute atomic E-state index is 0.425. The summed E-state index contributed by atoms with van der Waals surface area (Å²) >= 11 is 5.40. The van der Waals surface area contributed by atoms with Gasteiger partial charge in [0.15, 0.2) is 0 Å². The van der Waals surface area contributed by atoms with E-state index in [1.54, 1.807) is 4.98 Å². The zero-order valence-electron chi connectivity index (χ0n) is 7.08. The van der Waals surface area contributed by atoms with Gasteiger partial charge in [0.25, 0.3) is 11.5 Å². The lowest BCUT2D eigenvalue weighted by molar-refractivity contribution is 0.0905. The number of aromatic nitrogens is 2. The molecule has 1 aromatic heterocycles. The van der Waals surface area contributed by atoms with Crippen molar-refractivity contribution in [2.75, 3.05) is 0 Å². The van der Waals surface area contributed by atoms with E-state index in [0.29, 0.717) is 10.8 Å². The Labute approximate surface area is 82.1 Å². The van der Waals surface area contributed by atoms with Crippen LogP contribution in [0, 0.1) is 5.82 Å². The first kappa shape index (κ1) is 10.6. The molecule has 7 heteroatoms.